The van der Waals surface area contributed by atoms with Crippen molar-refractivity contribution in [3.05, 3.63) is 48.0 Å². The number of amides is 1. The molecule has 2 nitrogen and oxygen atoms in total. The van der Waals surface area contributed by atoms with E-state index in [0.717, 1.165) is 19.3 Å². The first-order valence-electron chi connectivity index (χ1n) is 7.19. The van der Waals surface area contributed by atoms with Gasteiger partial charge in [-0.3, -0.25) is 4.79 Å². The maximum atomic E-state index is 12.3. The normalized spacial score (nSPS) is 20.3. The molecule has 19 heavy (non-hydrogen) atoms. The van der Waals surface area contributed by atoms with Crippen molar-refractivity contribution in [3.63, 3.8) is 0 Å². The van der Waals surface area contributed by atoms with E-state index in [1.165, 1.54) is 5.56 Å². The van der Waals surface area contributed by atoms with Gasteiger partial charge in [0.15, 0.2) is 0 Å². The summed E-state index contributed by atoms with van der Waals surface area (Å²) in [5, 5.41) is 3.23. The Kier molecular flexibility index (Phi) is 4.78. The number of carbonyl (C=O) groups excluding carboxylic acids is 1. The molecule has 1 aromatic carbocycles. The number of hydrogen-bond acceptors (Lipinski definition) is 1. The lowest BCUT2D eigenvalue weighted by molar-refractivity contribution is -0.126. The van der Waals surface area contributed by atoms with Crippen molar-refractivity contribution in [3.8, 4) is 0 Å². The molecular formula is C17H23NO. The van der Waals surface area contributed by atoms with Gasteiger partial charge in [0.25, 0.3) is 0 Å². The van der Waals surface area contributed by atoms with Crippen LogP contribution >= 0.6 is 0 Å². The molecule has 1 aliphatic carbocycles. The fraction of sp³-hybridized carbons (Fsp3) is 0.471. The monoisotopic (exact) mass is 257 g/mol. The SMILES string of the molecule is CC(C)C(NC(=O)C1CC=CCC1)c1ccccc1. The second-order valence-corrected chi connectivity index (χ2v) is 5.62. The topological polar surface area (TPSA) is 29.1 Å². The van der Waals surface area contributed by atoms with E-state index in [1.807, 2.05) is 18.2 Å². The Balaban J connectivity index is 2.05. The highest BCUT2D eigenvalue weighted by Crippen LogP contribution is 2.24. The van der Waals surface area contributed by atoms with Crippen LogP contribution in [0.2, 0.25) is 0 Å². The summed E-state index contributed by atoms with van der Waals surface area (Å²) in [5.41, 5.74) is 1.19. The first-order valence-corrected chi connectivity index (χ1v) is 7.19. The second-order valence-electron chi connectivity index (χ2n) is 5.62. The van der Waals surface area contributed by atoms with Crippen LogP contribution in [-0.2, 0) is 4.79 Å². The molecule has 0 radical (unpaired) electrons. The first-order chi connectivity index (χ1) is 9.18. The van der Waals surface area contributed by atoms with E-state index in [-0.39, 0.29) is 17.9 Å². The Morgan fingerprint density at radius 3 is 2.53 bits per heavy atom. The van der Waals surface area contributed by atoms with Gasteiger partial charge in [-0.15, -0.1) is 0 Å². The highest BCUT2D eigenvalue weighted by molar-refractivity contribution is 5.79. The fourth-order valence-corrected chi connectivity index (χ4v) is 2.60. The van der Waals surface area contributed by atoms with Gasteiger partial charge in [-0.25, -0.2) is 0 Å². The van der Waals surface area contributed by atoms with E-state index in [1.54, 1.807) is 0 Å². The van der Waals surface area contributed by atoms with E-state index in [0.29, 0.717) is 5.92 Å². The van der Waals surface area contributed by atoms with Crippen molar-refractivity contribution in [2.75, 3.05) is 0 Å². The Hall–Kier alpha value is -1.57. The molecule has 0 saturated heterocycles. The van der Waals surface area contributed by atoms with E-state index in [9.17, 15) is 4.79 Å². The van der Waals surface area contributed by atoms with Crippen molar-refractivity contribution < 1.29 is 4.79 Å². The molecule has 0 fully saturated rings. The molecule has 1 aromatic rings. The third kappa shape index (κ3) is 3.69. The molecule has 0 heterocycles. The van der Waals surface area contributed by atoms with E-state index in [2.05, 4.69) is 43.4 Å². The van der Waals surface area contributed by atoms with Crippen LogP contribution in [0.15, 0.2) is 42.5 Å². The lowest BCUT2D eigenvalue weighted by Crippen LogP contribution is -2.36. The van der Waals surface area contributed by atoms with Gasteiger partial charge < -0.3 is 5.32 Å². The van der Waals surface area contributed by atoms with Crippen LogP contribution in [0.5, 0.6) is 0 Å². The van der Waals surface area contributed by atoms with Crippen LogP contribution in [-0.4, -0.2) is 5.91 Å². The number of nitrogens with one attached hydrogen (secondary N) is 1. The zero-order valence-corrected chi connectivity index (χ0v) is 11.8. The summed E-state index contributed by atoms with van der Waals surface area (Å²) in [6.45, 7) is 4.30. The van der Waals surface area contributed by atoms with Gasteiger partial charge in [-0.2, -0.15) is 0 Å². The van der Waals surface area contributed by atoms with Gasteiger partial charge in [0.1, 0.15) is 0 Å². The molecule has 0 spiro atoms. The van der Waals surface area contributed by atoms with E-state index < -0.39 is 0 Å². The molecular weight excluding hydrogens is 234 g/mol. The minimum Gasteiger partial charge on any atom is -0.349 e. The third-order valence-corrected chi connectivity index (χ3v) is 3.76. The maximum absolute atomic E-state index is 12.3. The molecule has 2 unspecified atom stereocenters. The summed E-state index contributed by atoms with van der Waals surface area (Å²) in [5.74, 6) is 0.743. The van der Waals surface area contributed by atoms with Gasteiger partial charge >= 0.3 is 0 Å². The molecule has 0 aliphatic heterocycles. The predicted molar refractivity (Wildman–Crippen MR) is 78.6 cm³/mol. The molecule has 2 rings (SSSR count). The Morgan fingerprint density at radius 2 is 1.95 bits per heavy atom. The highest BCUT2D eigenvalue weighted by atomic mass is 16.1. The van der Waals surface area contributed by atoms with Crippen LogP contribution in [0.4, 0.5) is 0 Å². The summed E-state index contributed by atoms with van der Waals surface area (Å²) in [7, 11) is 0. The largest absolute Gasteiger partial charge is 0.349 e. The quantitative estimate of drug-likeness (QED) is 0.815. The molecule has 1 N–H and O–H groups in total. The van der Waals surface area contributed by atoms with Crippen LogP contribution in [0.3, 0.4) is 0 Å². The maximum Gasteiger partial charge on any atom is 0.223 e. The minimum atomic E-state index is 0.111. The molecule has 2 heteroatoms. The average Bonchev–Trinajstić information content (AvgIpc) is 2.46. The van der Waals surface area contributed by atoms with Crippen molar-refractivity contribution in [2.45, 2.75) is 39.2 Å². The molecule has 0 aromatic heterocycles. The summed E-state index contributed by atoms with van der Waals surface area (Å²) in [4.78, 5) is 12.3. The van der Waals surface area contributed by atoms with Crippen molar-refractivity contribution in [1.29, 1.82) is 0 Å². The summed E-state index contributed by atoms with van der Waals surface area (Å²) >= 11 is 0. The lowest BCUT2D eigenvalue weighted by Gasteiger charge is -2.26. The second kappa shape index (κ2) is 6.55. The number of hydrogen-bond donors (Lipinski definition) is 1. The number of carbonyl (C=O) groups is 1. The zero-order valence-electron chi connectivity index (χ0n) is 11.8. The molecule has 2 atom stereocenters. The highest BCUT2D eigenvalue weighted by Gasteiger charge is 2.23. The number of benzene rings is 1. The smallest absolute Gasteiger partial charge is 0.223 e. The van der Waals surface area contributed by atoms with E-state index >= 15 is 0 Å². The summed E-state index contributed by atoms with van der Waals surface area (Å²) < 4.78 is 0. The molecule has 0 saturated carbocycles. The average molecular weight is 257 g/mol. The van der Waals surface area contributed by atoms with E-state index in [4.69, 9.17) is 0 Å². The van der Waals surface area contributed by atoms with Gasteiger partial charge in [0.05, 0.1) is 6.04 Å². The van der Waals surface area contributed by atoms with Crippen molar-refractivity contribution in [1.82, 2.24) is 5.32 Å². The van der Waals surface area contributed by atoms with Gasteiger partial charge in [-0.05, 0) is 30.7 Å². The number of allylic oxidation sites excluding steroid dienone is 2. The zero-order chi connectivity index (χ0) is 13.7. The molecule has 0 bridgehead atoms. The standard InChI is InChI=1S/C17H23NO/c1-13(2)16(14-9-5-3-6-10-14)18-17(19)15-11-7-4-8-12-15/h3-7,9-10,13,15-16H,8,11-12H2,1-2H3,(H,18,19). The molecule has 1 amide bonds. The van der Waals surface area contributed by atoms with Crippen LogP contribution in [0.1, 0.15) is 44.7 Å². The minimum absolute atomic E-state index is 0.111. The Bertz CT molecular complexity index is 436. The van der Waals surface area contributed by atoms with Crippen molar-refractivity contribution in [2.24, 2.45) is 11.8 Å². The Labute approximate surface area is 115 Å². The fourth-order valence-electron chi connectivity index (χ4n) is 2.60. The van der Waals surface area contributed by atoms with Gasteiger partial charge in [0.2, 0.25) is 5.91 Å². The summed E-state index contributed by atoms with van der Waals surface area (Å²) in [6, 6.07) is 10.4. The molecule has 1 aliphatic rings. The predicted octanol–water partition coefficient (Wildman–Crippen LogP) is 3.86. The number of rotatable bonds is 4. The van der Waals surface area contributed by atoms with Crippen LogP contribution in [0.25, 0.3) is 0 Å². The van der Waals surface area contributed by atoms with Crippen LogP contribution < -0.4 is 5.32 Å². The van der Waals surface area contributed by atoms with Gasteiger partial charge in [-0.1, -0.05) is 56.3 Å². The molecule has 102 valence electrons. The third-order valence-electron chi connectivity index (χ3n) is 3.76. The van der Waals surface area contributed by atoms with Crippen molar-refractivity contribution >= 4 is 5.91 Å². The van der Waals surface area contributed by atoms with Gasteiger partial charge in [0, 0.05) is 5.92 Å². The summed E-state index contributed by atoms with van der Waals surface area (Å²) in [6.07, 6.45) is 7.17. The first kappa shape index (κ1) is 13.9. The van der Waals surface area contributed by atoms with Crippen LogP contribution in [0, 0.1) is 11.8 Å². The Morgan fingerprint density at radius 1 is 1.21 bits per heavy atom. The lowest BCUT2D eigenvalue weighted by atomic mass is 9.91.